The highest BCUT2D eigenvalue weighted by atomic mass is 35.5. The summed E-state index contributed by atoms with van der Waals surface area (Å²) >= 11 is 6.28. The van der Waals surface area contributed by atoms with Crippen LogP contribution in [0, 0.1) is 5.92 Å². The SMILES string of the molecule is C[C@H]1C[C@@H](C(=O)Nc2ccc(OCc3ccccn3)c(Cl)c2)CCN1.Cl. The normalized spacial score (nSPS) is 19.3. The first-order chi connectivity index (χ1) is 12.1. The maximum atomic E-state index is 12.4. The van der Waals surface area contributed by atoms with E-state index in [0.717, 1.165) is 25.1 Å². The fourth-order valence-corrected chi connectivity index (χ4v) is 3.18. The van der Waals surface area contributed by atoms with Crippen LogP contribution in [0.1, 0.15) is 25.5 Å². The highest BCUT2D eigenvalue weighted by Crippen LogP contribution is 2.29. The zero-order valence-electron chi connectivity index (χ0n) is 14.6. The van der Waals surface area contributed by atoms with Crippen molar-refractivity contribution in [2.24, 2.45) is 5.92 Å². The molecule has 3 rings (SSSR count). The molecular formula is C19H23Cl2N3O2. The number of hydrogen-bond acceptors (Lipinski definition) is 4. The van der Waals surface area contributed by atoms with Crippen molar-refractivity contribution in [2.45, 2.75) is 32.4 Å². The number of carbonyl (C=O) groups excluding carboxylic acids is 1. The minimum absolute atomic E-state index is 0. The Morgan fingerprint density at radius 3 is 2.92 bits per heavy atom. The molecule has 0 saturated carbocycles. The molecule has 1 saturated heterocycles. The number of pyridine rings is 1. The fraction of sp³-hybridized carbons (Fsp3) is 0.368. The molecule has 1 amide bonds. The van der Waals surface area contributed by atoms with Gasteiger partial charge in [-0.25, -0.2) is 0 Å². The Morgan fingerprint density at radius 2 is 2.23 bits per heavy atom. The number of rotatable bonds is 5. The predicted octanol–water partition coefficient (Wildman–Crippen LogP) is 4.06. The van der Waals surface area contributed by atoms with Crippen LogP contribution < -0.4 is 15.4 Å². The summed E-state index contributed by atoms with van der Waals surface area (Å²) in [6, 6.07) is 11.3. The van der Waals surface area contributed by atoms with E-state index >= 15 is 0 Å². The van der Waals surface area contributed by atoms with Gasteiger partial charge >= 0.3 is 0 Å². The maximum Gasteiger partial charge on any atom is 0.227 e. The van der Waals surface area contributed by atoms with Crippen LogP contribution >= 0.6 is 24.0 Å². The lowest BCUT2D eigenvalue weighted by atomic mass is 9.92. The third-order valence-corrected chi connectivity index (χ3v) is 4.59. The largest absolute Gasteiger partial charge is 0.486 e. The molecule has 0 bridgehead atoms. The Balaban J connectivity index is 0.00000243. The van der Waals surface area contributed by atoms with Crippen LogP contribution in [0.15, 0.2) is 42.6 Å². The summed E-state index contributed by atoms with van der Waals surface area (Å²) in [5.74, 6) is 0.655. The number of amides is 1. The van der Waals surface area contributed by atoms with E-state index in [1.807, 2.05) is 24.3 Å². The maximum absolute atomic E-state index is 12.4. The van der Waals surface area contributed by atoms with Gasteiger partial charge in [-0.2, -0.15) is 0 Å². The number of anilines is 1. The van der Waals surface area contributed by atoms with Crippen LogP contribution in [0.5, 0.6) is 5.75 Å². The van der Waals surface area contributed by atoms with Crippen molar-refractivity contribution < 1.29 is 9.53 Å². The first-order valence-electron chi connectivity index (χ1n) is 8.48. The molecule has 26 heavy (non-hydrogen) atoms. The van der Waals surface area contributed by atoms with Crippen LogP contribution in [0.25, 0.3) is 0 Å². The van der Waals surface area contributed by atoms with Gasteiger partial charge in [-0.15, -0.1) is 12.4 Å². The summed E-state index contributed by atoms with van der Waals surface area (Å²) in [5.41, 5.74) is 1.52. The molecule has 1 aliphatic heterocycles. The molecule has 1 aromatic heterocycles. The molecule has 5 nitrogen and oxygen atoms in total. The van der Waals surface area contributed by atoms with Gasteiger partial charge < -0.3 is 15.4 Å². The Kier molecular flexibility index (Phi) is 7.69. The Bertz CT molecular complexity index is 728. The Morgan fingerprint density at radius 1 is 1.38 bits per heavy atom. The van der Waals surface area contributed by atoms with Crippen molar-refractivity contribution in [3.05, 3.63) is 53.3 Å². The third-order valence-electron chi connectivity index (χ3n) is 4.30. The zero-order chi connectivity index (χ0) is 17.6. The number of nitrogens with one attached hydrogen (secondary N) is 2. The summed E-state index contributed by atoms with van der Waals surface area (Å²) < 4.78 is 5.70. The van der Waals surface area contributed by atoms with Gasteiger partial charge in [0.2, 0.25) is 5.91 Å². The second-order valence-corrected chi connectivity index (χ2v) is 6.73. The summed E-state index contributed by atoms with van der Waals surface area (Å²) in [5, 5.41) is 6.77. The lowest BCUT2D eigenvalue weighted by Crippen LogP contribution is -2.40. The molecule has 0 aliphatic carbocycles. The Hall–Kier alpha value is -1.82. The monoisotopic (exact) mass is 395 g/mol. The van der Waals surface area contributed by atoms with Gasteiger partial charge in [0.05, 0.1) is 10.7 Å². The number of hydrogen-bond donors (Lipinski definition) is 2. The molecule has 2 aromatic rings. The van der Waals surface area contributed by atoms with E-state index in [1.165, 1.54) is 0 Å². The molecule has 2 atom stereocenters. The van der Waals surface area contributed by atoms with Gasteiger partial charge in [0.15, 0.2) is 0 Å². The molecule has 0 spiro atoms. The molecule has 2 N–H and O–H groups in total. The lowest BCUT2D eigenvalue weighted by molar-refractivity contribution is -0.120. The lowest BCUT2D eigenvalue weighted by Gasteiger charge is -2.27. The van der Waals surface area contributed by atoms with E-state index in [2.05, 4.69) is 22.5 Å². The number of halogens is 2. The van der Waals surface area contributed by atoms with Gasteiger partial charge in [0.1, 0.15) is 12.4 Å². The number of nitrogens with zero attached hydrogens (tertiary/aromatic N) is 1. The molecule has 7 heteroatoms. The second-order valence-electron chi connectivity index (χ2n) is 6.32. The summed E-state index contributed by atoms with van der Waals surface area (Å²) in [7, 11) is 0. The first-order valence-corrected chi connectivity index (χ1v) is 8.86. The summed E-state index contributed by atoms with van der Waals surface area (Å²) in [6.07, 6.45) is 3.43. The smallest absolute Gasteiger partial charge is 0.227 e. The van der Waals surface area contributed by atoms with Gasteiger partial charge in [-0.1, -0.05) is 17.7 Å². The van der Waals surface area contributed by atoms with Crippen LogP contribution in [-0.2, 0) is 11.4 Å². The number of carbonyl (C=O) groups is 1. The molecule has 0 radical (unpaired) electrons. The van der Waals surface area contributed by atoms with Crippen LogP contribution in [0.3, 0.4) is 0 Å². The van der Waals surface area contributed by atoms with E-state index in [4.69, 9.17) is 16.3 Å². The van der Waals surface area contributed by atoms with Crippen molar-refractivity contribution in [3.8, 4) is 5.75 Å². The average molecular weight is 396 g/mol. The highest BCUT2D eigenvalue weighted by Gasteiger charge is 2.24. The molecular weight excluding hydrogens is 373 g/mol. The first kappa shape index (κ1) is 20.5. The quantitative estimate of drug-likeness (QED) is 0.800. The van der Waals surface area contributed by atoms with Crippen molar-refractivity contribution in [1.82, 2.24) is 10.3 Å². The third kappa shape index (κ3) is 5.59. The average Bonchev–Trinajstić information content (AvgIpc) is 2.62. The molecule has 0 unspecified atom stereocenters. The minimum atomic E-state index is 0. The van der Waals surface area contributed by atoms with Crippen molar-refractivity contribution in [1.29, 1.82) is 0 Å². The fourth-order valence-electron chi connectivity index (χ4n) is 2.95. The van der Waals surface area contributed by atoms with Crippen molar-refractivity contribution in [3.63, 3.8) is 0 Å². The van der Waals surface area contributed by atoms with E-state index in [0.29, 0.717) is 29.1 Å². The van der Waals surface area contributed by atoms with Crippen LogP contribution in [0.4, 0.5) is 5.69 Å². The van der Waals surface area contributed by atoms with Crippen molar-refractivity contribution >= 4 is 35.6 Å². The number of aromatic nitrogens is 1. The Labute approximate surface area is 164 Å². The van der Waals surface area contributed by atoms with Crippen LogP contribution in [0.2, 0.25) is 5.02 Å². The highest BCUT2D eigenvalue weighted by molar-refractivity contribution is 6.32. The summed E-state index contributed by atoms with van der Waals surface area (Å²) in [6.45, 7) is 3.32. The standard InChI is InChI=1S/C19H22ClN3O2.ClH/c1-13-10-14(7-9-21-13)19(24)23-15-5-6-18(17(20)11-15)25-12-16-4-2-3-8-22-16;/h2-6,8,11,13-14,21H,7,9-10,12H2,1H3,(H,23,24);1H/t13-,14-;/m0./s1. The minimum Gasteiger partial charge on any atom is -0.486 e. The summed E-state index contributed by atoms with van der Waals surface area (Å²) in [4.78, 5) is 16.6. The van der Waals surface area contributed by atoms with Gasteiger partial charge in [0.25, 0.3) is 0 Å². The molecule has 1 aromatic carbocycles. The van der Waals surface area contributed by atoms with Crippen molar-refractivity contribution in [2.75, 3.05) is 11.9 Å². The van der Waals surface area contributed by atoms with E-state index in [1.54, 1.807) is 18.3 Å². The van der Waals surface area contributed by atoms with Gasteiger partial charge in [-0.3, -0.25) is 9.78 Å². The second kappa shape index (κ2) is 9.76. The molecule has 2 heterocycles. The van der Waals surface area contributed by atoms with E-state index in [-0.39, 0.29) is 24.2 Å². The number of piperidine rings is 1. The van der Waals surface area contributed by atoms with Gasteiger partial charge in [0, 0.05) is 23.8 Å². The zero-order valence-corrected chi connectivity index (χ0v) is 16.1. The number of ether oxygens (including phenoxy) is 1. The van der Waals surface area contributed by atoms with E-state index < -0.39 is 0 Å². The molecule has 140 valence electrons. The molecule has 1 aliphatic rings. The van der Waals surface area contributed by atoms with Crippen LogP contribution in [-0.4, -0.2) is 23.5 Å². The number of benzene rings is 1. The topological polar surface area (TPSA) is 63.2 Å². The van der Waals surface area contributed by atoms with Gasteiger partial charge in [-0.05, 0) is 56.6 Å². The van der Waals surface area contributed by atoms with E-state index in [9.17, 15) is 4.79 Å². The molecule has 1 fully saturated rings. The predicted molar refractivity (Wildman–Crippen MR) is 106 cm³/mol.